The van der Waals surface area contributed by atoms with Crippen LogP contribution in [-0.4, -0.2) is 10.9 Å². The van der Waals surface area contributed by atoms with Gasteiger partial charge in [-0.25, -0.2) is 0 Å². The minimum Gasteiger partial charge on any atom is -0.457 e. The van der Waals surface area contributed by atoms with Crippen LogP contribution in [0.25, 0.3) is 0 Å². The number of anilines is 1. The van der Waals surface area contributed by atoms with E-state index < -0.39 is 0 Å². The predicted molar refractivity (Wildman–Crippen MR) is 89.5 cm³/mol. The summed E-state index contributed by atoms with van der Waals surface area (Å²) in [7, 11) is 0. The molecular weight excluding hydrogens is 288 g/mol. The zero-order chi connectivity index (χ0) is 15.9. The topological polar surface area (TPSA) is 51.2 Å². The second-order valence-electron chi connectivity index (χ2n) is 5.02. The summed E-state index contributed by atoms with van der Waals surface area (Å²) in [5, 5.41) is 2.87. The van der Waals surface area contributed by atoms with E-state index in [1.165, 1.54) is 0 Å². The first-order chi connectivity index (χ1) is 11.3. The van der Waals surface area contributed by atoms with Crippen LogP contribution < -0.4 is 10.1 Å². The fraction of sp³-hybridized carbons (Fsp3) is 0.0526. The third-order valence-corrected chi connectivity index (χ3v) is 3.23. The number of hydrogen-bond donors (Lipinski definition) is 1. The van der Waals surface area contributed by atoms with Gasteiger partial charge in [0.15, 0.2) is 0 Å². The van der Waals surface area contributed by atoms with Crippen molar-refractivity contribution in [2.24, 2.45) is 0 Å². The number of hydrogen-bond acceptors (Lipinski definition) is 3. The Hall–Kier alpha value is -3.14. The van der Waals surface area contributed by atoms with Gasteiger partial charge in [-0.15, -0.1) is 0 Å². The molecule has 1 aromatic heterocycles. The van der Waals surface area contributed by atoms with E-state index in [0.29, 0.717) is 6.42 Å². The van der Waals surface area contributed by atoms with Crippen molar-refractivity contribution < 1.29 is 9.53 Å². The van der Waals surface area contributed by atoms with Gasteiger partial charge in [0.25, 0.3) is 0 Å². The summed E-state index contributed by atoms with van der Waals surface area (Å²) in [5.74, 6) is 1.41. The number of nitrogens with zero attached hydrogens (tertiary/aromatic N) is 1. The highest BCUT2D eigenvalue weighted by Crippen LogP contribution is 2.21. The molecule has 3 rings (SSSR count). The fourth-order valence-electron chi connectivity index (χ4n) is 2.13. The van der Waals surface area contributed by atoms with Crippen LogP contribution in [0, 0.1) is 0 Å². The number of ether oxygens (including phenoxy) is 1. The monoisotopic (exact) mass is 304 g/mol. The molecule has 0 radical (unpaired) electrons. The van der Waals surface area contributed by atoms with Gasteiger partial charge in [0.2, 0.25) is 5.91 Å². The van der Waals surface area contributed by atoms with Crippen molar-refractivity contribution in [2.75, 3.05) is 5.32 Å². The van der Waals surface area contributed by atoms with Crippen LogP contribution >= 0.6 is 0 Å². The van der Waals surface area contributed by atoms with Crippen LogP contribution in [-0.2, 0) is 11.2 Å². The molecule has 1 N–H and O–H groups in total. The quantitative estimate of drug-likeness (QED) is 0.773. The van der Waals surface area contributed by atoms with Crippen LogP contribution in [0.1, 0.15) is 5.56 Å². The van der Waals surface area contributed by atoms with E-state index in [1.807, 2.05) is 54.6 Å². The van der Waals surface area contributed by atoms with Crippen LogP contribution in [0.2, 0.25) is 0 Å². The Balaban J connectivity index is 1.58. The highest BCUT2D eigenvalue weighted by atomic mass is 16.5. The van der Waals surface area contributed by atoms with E-state index in [0.717, 1.165) is 22.7 Å². The Bertz CT molecular complexity index is 756. The van der Waals surface area contributed by atoms with Crippen LogP contribution in [0.15, 0.2) is 79.1 Å². The van der Waals surface area contributed by atoms with Crippen LogP contribution in [0.5, 0.6) is 11.5 Å². The molecule has 0 aliphatic rings. The first-order valence-electron chi connectivity index (χ1n) is 7.31. The second-order valence-corrected chi connectivity index (χ2v) is 5.02. The summed E-state index contributed by atoms with van der Waals surface area (Å²) < 4.78 is 5.69. The third-order valence-electron chi connectivity index (χ3n) is 3.23. The highest BCUT2D eigenvalue weighted by molar-refractivity contribution is 5.92. The van der Waals surface area contributed by atoms with Crippen molar-refractivity contribution >= 4 is 11.6 Å². The molecule has 1 heterocycles. The van der Waals surface area contributed by atoms with E-state index in [9.17, 15) is 4.79 Å². The molecule has 0 saturated heterocycles. The number of pyridine rings is 1. The Labute approximate surface area is 134 Å². The lowest BCUT2D eigenvalue weighted by atomic mass is 10.1. The molecule has 0 spiro atoms. The third kappa shape index (κ3) is 4.41. The maximum Gasteiger partial charge on any atom is 0.228 e. The minimum absolute atomic E-state index is 0.0426. The van der Waals surface area contributed by atoms with Crippen molar-refractivity contribution in [1.82, 2.24) is 4.98 Å². The second kappa shape index (κ2) is 7.22. The molecule has 23 heavy (non-hydrogen) atoms. The van der Waals surface area contributed by atoms with Crippen molar-refractivity contribution in [3.05, 3.63) is 84.7 Å². The largest absolute Gasteiger partial charge is 0.457 e. The van der Waals surface area contributed by atoms with Crippen LogP contribution in [0.3, 0.4) is 0 Å². The summed E-state index contributed by atoms with van der Waals surface area (Å²) in [6.45, 7) is 0. The SMILES string of the molecule is O=C(Cc1ccc(Oc2ccncc2)cc1)Nc1ccccc1. The Kier molecular flexibility index (Phi) is 4.64. The smallest absolute Gasteiger partial charge is 0.228 e. The van der Waals surface area contributed by atoms with E-state index >= 15 is 0 Å². The van der Waals surface area contributed by atoms with Gasteiger partial charge >= 0.3 is 0 Å². The van der Waals surface area contributed by atoms with E-state index in [1.54, 1.807) is 24.5 Å². The number of carbonyl (C=O) groups is 1. The number of aromatic nitrogens is 1. The van der Waals surface area contributed by atoms with Gasteiger partial charge in [-0.1, -0.05) is 30.3 Å². The standard InChI is InChI=1S/C19H16N2O2/c22-19(21-16-4-2-1-3-5-16)14-15-6-8-17(9-7-15)23-18-10-12-20-13-11-18/h1-13H,14H2,(H,21,22). The Morgan fingerprint density at radius 1 is 0.870 bits per heavy atom. The molecule has 0 bridgehead atoms. The number of amides is 1. The summed E-state index contributed by atoms with van der Waals surface area (Å²) in [5.41, 5.74) is 1.73. The molecule has 4 nitrogen and oxygen atoms in total. The summed E-state index contributed by atoms with van der Waals surface area (Å²) in [6.07, 6.45) is 3.68. The van der Waals surface area contributed by atoms with Gasteiger partial charge in [0.1, 0.15) is 11.5 Å². The summed E-state index contributed by atoms with van der Waals surface area (Å²) in [6, 6.07) is 20.5. The van der Waals surface area contributed by atoms with Crippen molar-refractivity contribution in [1.29, 1.82) is 0 Å². The number of benzene rings is 2. The highest BCUT2D eigenvalue weighted by Gasteiger charge is 2.04. The molecule has 2 aromatic carbocycles. The van der Waals surface area contributed by atoms with Crippen molar-refractivity contribution in [3.8, 4) is 11.5 Å². The average molecular weight is 304 g/mol. The molecule has 0 aliphatic carbocycles. The molecule has 0 aliphatic heterocycles. The van der Waals surface area contributed by atoms with Crippen LogP contribution in [0.4, 0.5) is 5.69 Å². The molecular formula is C19H16N2O2. The average Bonchev–Trinajstić information content (AvgIpc) is 2.58. The lowest BCUT2D eigenvalue weighted by Gasteiger charge is -2.07. The number of para-hydroxylation sites is 1. The van der Waals surface area contributed by atoms with Gasteiger partial charge in [-0.05, 0) is 42.0 Å². The number of carbonyl (C=O) groups excluding carboxylic acids is 1. The van der Waals surface area contributed by atoms with Gasteiger partial charge in [0.05, 0.1) is 6.42 Å². The lowest BCUT2D eigenvalue weighted by molar-refractivity contribution is -0.115. The Morgan fingerprint density at radius 3 is 2.22 bits per heavy atom. The van der Waals surface area contributed by atoms with Gasteiger partial charge in [0, 0.05) is 18.1 Å². The predicted octanol–water partition coefficient (Wildman–Crippen LogP) is 4.06. The molecule has 0 atom stereocenters. The summed E-state index contributed by atoms with van der Waals surface area (Å²) >= 11 is 0. The summed E-state index contributed by atoms with van der Waals surface area (Å²) in [4.78, 5) is 16.0. The van der Waals surface area contributed by atoms with E-state index in [2.05, 4.69) is 10.3 Å². The fourth-order valence-corrected chi connectivity index (χ4v) is 2.13. The maximum absolute atomic E-state index is 12.0. The molecule has 114 valence electrons. The van der Waals surface area contributed by atoms with Gasteiger partial charge < -0.3 is 10.1 Å². The number of rotatable bonds is 5. The minimum atomic E-state index is -0.0426. The zero-order valence-corrected chi connectivity index (χ0v) is 12.5. The van der Waals surface area contributed by atoms with Crippen molar-refractivity contribution in [3.63, 3.8) is 0 Å². The van der Waals surface area contributed by atoms with E-state index in [-0.39, 0.29) is 5.91 Å². The molecule has 0 fully saturated rings. The Morgan fingerprint density at radius 2 is 1.52 bits per heavy atom. The maximum atomic E-state index is 12.0. The molecule has 0 unspecified atom stereocenters. The molecule has 1 amide bonds. The molecule has 0 saturated carbocycles. The van der Waals surface area contributed by atoms with Gasteiger partial charge in [-0.3, -0.25) is 9.78 Å². The van der Waals surface area contributed by atoms with Gasteiger partial charge in [-0.2, -0.15) is 0 Å². The van der Waals surface area contributed by atoms with E-state index in [4.69, 9.17) is 4.74 Å². The normalized spacial score (nSPS) is 10.1. The number of nitrogens with one attached hydrogen (secondary N) is 1. The first-order valence-corrected chi connectivity index (χ1v) is 7.31. The van der Waals surface area contributed by atoms with Crippen molar-refractivity contribution in [2.45, 2.75) is 6.42 Å². The molecule has 4 heteroatoms. The zero-order valence-electron chi connectivity index (χ0n) is 12.5. The lowest BCUT2D eigenvalue weighted by Crippen LogP contribution is -2.14. The molecule has 3 aromatic rings. The first kappa shape index (κ1) is 14.8.